The molecule has 0 amide bonds. The third-order valence-corrected chi connectivity index (χ3v) is 4.04. The Bertz CT molecular complexity index is 652. The van der Waals surface area contributed by atoms with Gasteiger partial charge in [-0.1, -0.05) is 36.0 Å². The summed E-state index contributed by atoms with van der Waals surface area (Å²) in [5.74, 6) is -1.18. The molecule has 2 rings (SSSR count). The zero-order valence-electron chi connectivity index (χ0n) is 10.6. The number of nitro groups is 1. The van der Waals surface area contributed by atoms with Gasteiger partial charge in [0.15, 0.2) is 0 Å². The van der Waals surface area contributed by atoms with E-state index in [4.69, 9.17) is 0 Å². The van der Waals surface area contributed by atoms with Gasteiger partial charge < -0.3 is 5.11 Å². The van der Waals surface area contributed by atoms with Crippen molar-refractivity contribution in [2.75, 3.05) is 0 Å². The first-order chi connectivity index (χ1) is 9.50. The minimum atomic E-state index is -1.18. The molecule has 0 aliphatic rings. The van der Waals surface area contributed by atoms with Gasteiger partial charge in [0.1, 0.15) is 4.90 Å². The van der Waals surface area contributed by atoms with Crippen LogP contribution in [0.1, 0.15) is 15.9 Å². The number of nitrogens with zero attached hydrogens (tertiary/aromatic N) is 1. The molecule has 2 aromatic rings. The van der Waals surface area contributed by atoms with Gasteiger partial charge in [-0.2, -0.15) is 0 Å². The molecule has 0 aliphatic carbocycles. The summed E-state index contributed by atoms with van der Waals surface area (Å²) < 4.78 is 0. The highest BCUT2D eigenvalue weighted by atomic mass is 32.2. The van der Waals surface area contributed by atoms with E-state index in [0.717, 1.165) is 22.2 Å². The van der Waals surface area contributed by atoms with Gasteiger partial charge in [0, 0.05) is 11.0 Å². The van der Waals surface area contributed by atoms with Crippen molar-refractivity contribution >= 4 is 23.4 Å². The molecule has 1 N–H and O–H groups in total. The molecule has 0 saturated heterocycles. The maximum atomic E-state index is 11.2. The van der Waals surface area contributed by atoms with Gasteiger partial charge in [0.25, 0.3) is 5.69 Å². The summed E-state index contributed by atoms with van der Waals surface area (Å²) in [6.07, 6.45) is 0. The van der Waals surface area contributed by atoms with Crippen molar-refractivity contribution in [2.45, 2.75) is 16.7 Å². The maximum absolute atomic E-state index is 11.2. The van der Waals surface area contributed by atoms with E-state index in [1.165, 1.54) is 18.2 Å². The number of aryl methyl sites for hydroxylation is 1. The van der Waals surface area contributed by atoms with E-state index in [0.29, 0.717) is 0 Å². The zero-order valence-corrected chi connectivity index (χ0v) is 11.4. The SMILES string of the molecule is Cc1ccccc1Sc1c(C(=O)O)cccc1[N+](=O)[O-]. The van der Waals surface area contributed by atoms with Crippen LogP contribution in [0, 0.1) is 17.0 Å². The number of aromatic carboxylic acids is 1. The van der Waals surface area contributed by atoms with Crippen molar-refractivity contribution in [3.05, 3.63) is 63.7 Å². The van der Waals surface area contributed by atoms with Crippen LogP contribution in [-0.2, 0) is 0 Å². The van der Waals surface area contributed by atoms with E-state index in [1.807, 2.05) is 31.2 Å². The number of hydrogen-bond acceptors (Lipinski definition) is 4. The van der Waals surface area contributed by atoms with Gasteiger partial charge >= 0.3 is 5.97 Å². The van der Waals surface area contributed by atoms with Gasteiger partial charge in [-0.15, -0.1) is 0 Å². The second kappa shape index (κ2) is 5.75. The number of rotatable bonds is 4. The summed E-state index contributed by atoms with van der Waals surface area (Å²) in [6, 6.07) is 11.4. The molecule has 0 atom stereocenters. The van der Waals surface area contributed by atoms with Gasteiger partial charge in [0.05, 0.1) is 10.5 Å². The van der Waals surface area contributed by atoms with Crippen LogP contribution >= 0.6 is 11.8 Å². The lowest BCUT2D eigenvalue weighted by Gasteiger charge is -2.08. The van der Waals surface area contributed by atoms with Gasteiger partial charge in [0.2, 0.25) is 0 Å². The lowest BCUT2D eigenvalue weighted by molar-refractivity contribution is -0.387. The number of carbonyl (C=O) groups is 1. The maximum Gasteiger partial charge on any atom is 0.337 e. The average molecular weight is 289 g/mol. The molecule has 0 unspecified atom stereocenters. The molecular formula is C14H11NO4S. The van der Waals surface area contributed by atoms with Crippen molar-refractivity contribution in [2.24, 2.45) is 0 Å². The standard InChI is InChI=1S/C14H11NO4S/c1-9-5-2-3-8-12(9)20-13-10(14(16)17)6-4-7-11(13)15(18)19/h2-8H,1H3,(H,16,17). The van der Waals surface area contributed by atoms with Crippen LogP contribution in [0.4, 0.5) is 5.69 Å². The predicted molar refractivity (Wildman–Crippen MR) is 75.4 cm³/mol. The molecule has 5 nitrogen and oxygen atoms in total. The fourth-order valence-corrected chi connectivity index (χ4v) is 2.83. The third kappa shape index (κ3) is 2.80. The highest BCUT2D eigenvalue weighted by molar-refractivity contribution is 7.99. The van der Waals surface area contributed by atoms with E-state index in [2.05, 4.69) is 0 Å². The summed E-state index contributed by atoms with van der Waals surface area (Å²) in [6.45, 7) is 1.87. The number of hydrogen-bond donors (Lipinski definition) is 1. The summed E-state index contributed by atoms with van der Waals surface area (Å²) in [7, 11) is 0. The normalized spacial score (nSPS) is 10.2. The van der Waals surface area contributed by atoms with E-state index >= 15 is 0 Å². The quantitative estimate of drug-likeness (QED) is 0.684. The zero-order chi connectivity index (χ0) is 14.7. The minimum absolute atomic E-state index is 0.0625. The molecule has 0 aromatic heterocycles. The van der Waals surface area contributed by atoms with Gasteiger partial charge in [-0.05, 0) is 24.6 Å². The monoisotopic (exact) mass is 289 g/mol. The van der Waals surface area contributed by atoms with Crippen LogP contribution < -0.4 is 0 Å². The third-order valence-electron chi connectivity index (χ3n) is 2.73. The highest BCUT2D eigenvalue weighted by Gasteiger charge is 2.22. The fourth-order valence-electron chi connectivity index (χ4n) is 1.73. The molecule has 6 heteroatoms. The Morgan fingerprint density at radius 2 is 1.90 bits per heavy atom. The molecule has 0 spiro atoms. The summed E-state index contributed by atoms with van der Waals surface area (Å²) >= 11 is 1.10. The van der Waals surface area contributed by atoms with Gasteiger partial charge in [-0.25, -0.2) is 4.79 Å². The first kappa shape index (κ1) is 14.1. The van der Waals surface area contributed by atoms with Crippen molar-refractivity contribution in [3.8, 4) is 0 Å². The minimum Gasteiger partial charge on any atom is -0.478 e. The van der Waals surface area contributed by atoms with Crippen LogP contribution in [0.15, 0.2) is 52.3 Å². The number of benzene rings is 2. The smallest absolute Gasteiger partial charge is 0.337 e. The highest BCUT2D eigenvalue weighted by Crippen LogP contribution is 2.38. The van der Waals surface area contributed by atoms with Crippen molar-refractivity contribution in [3.63, 3.8) is 0 Å². The number of carboxylic acids is 1. The second-order valence-corrected chi connectivity index (χ2v) is 5.14. The number of nitro benzene ring substituents is 1. The first-order valence-electron chi connectivity index (χ1n) is 5.75. The molecule has 0 saturated carbocycles. The molecule has 2 aromatic carbocycles. The lowest BCUT2D eigenvalue weighted by atomic mass is 10.2. The van der Waals surface area contributed by atoms with Crippen molar-refractivity contribution < 1.29 is 14.8 Å². The van der Waals surface area contributed by atoms with Gasteiger partial charge in [-0.3, -0.25) is 10.1 Å². The van der Waals surface area contributed by atoms with E-state index < -0.39 is 10.9 Å². The molecule has 0 radical (unpaired) electrons. The van der Waals surface area contributed by atoms with E-state index in [9.17, 15) is 20.0 Å². The average Bonchev–Trinajstić information content (AvgIpc) is 2.41. The molecule has 0 bridgehead atoms. The predicted octanol–water partition coefficient (Wildman–Crippen LogP) is 3.75. The Kier molecular flexibility index (Phi) is 4.05. The van der Waals surface area contributed by atoms with Crippen LogP contribution in [0.5, 0.6) is 0 Å². The molecule has 0 fully saturated rings. The molecule has 0 aliphatic heterocycles. The topological polar surface area (TPSA) is 80.4 Å². The molecular weight excluding hydrogens is 278 g/mol. The lowest BCUT2D eigenvalue weighted by Crippen LogP contribution is -2.02. The fraction of sp³-hybridized carbons (Fsp3) is 0.0714. The summed E-state index contributed by atoms with van der Waals surface area (Å²) in [5, 5.41) is 20.3. The van der Waals surface area contributed by atoms with Crippen LogP contribution in [0.3, 0.4) is 0 Å². The Hall–Kier alpha value is -2.34. The Morgan fingerprint density at radius 3 is 2.50 bits per heavy atom. The molecule has 0 heterocycles. The summed E-state index contributed by atoms with van der Waals surface area (Å²) in [4.78, 5) is 22.7. The number of carboxylic acid groups (broad SMARTS) is 1. The Balaban J connectivity index is 2.57. The van der Waals surface area contributed by atoms with Crippen LogP contribution in [0.2, 0.25) is 0 Å². The first-order valence-corrected chi connectivity index (χ1v) is 6.56. The Labute approximate surface area is 119 Å². The largest absolute Gasteiger partial charge is 0.478 e. The Morgan fingerprint density at radius 1 is 1.20 bits per heavy atom. The van der Waals surface area contributed by atoms with E-state index in [1.54, 1.807) is 0 Å². The van der Waals surface area contributed by atoms with Crippen molar-refractivity contribution in [1.82, 2.24) is 0 Å². The van der Waals surface area contributed by atoms with Crippen molar-refractivity contribution in [1.29, 1.82) is 0 Å². The summed E-state index contributed by atoms with van der Waals surface area (Å²) in [5.41, 5.74) is 0.678. The molecule has 20 heavy (non-hydrogen) atoms. The van der Waals surface area contributed by atoms with Crippen LogP contribution in [-0.4, -0.2) is 16.0 Å². The van der Waals surface area contributed by atoms with Crippen LogP contribution in [0.25, 0.3) is 0 Å². The van der Waals surface area contributed by atoms with E-state index in [-0.39, 0.29) is 16.1 Å². The second-order valence-electron chi connectivity index (χ2n) is 4.08. The molecule has 102 valence electrons.